The molecule has 0 unspecified atom stereocenters. The first-order chi connectivity index (χ1) is 13.7. The Kier molecular flexibility index (Phi) is 6.19. The highest BCUT2D eigenvalue weighted by Crippen LogP contribution is 2.33. The molecule has 1 aliphatic carbocycles. The molecule has 1 spiro atoms. The third-order valence-corrected chi connectivity index (χ3v) is 6.50. The highest BCUT2D eigenvalue weighted by atomic mass is 16.7. The zero-order valence-corrected chi connectivity index (χ0v) is 16.8. The maximum atomic E-state index is 12.7. The zero-order chi connectivity index (χ0) is 19.4. The first kappa shape index (κ1) is 19.7. The third kappa shape index (κ3) is 4.50. The zero-order valence-electron chi connectivity index (χ0n) is 16.8. The molecular formula is C22H32N2O4. The van der Waals surface area contributed by atoms with Crippen LogP contribution in [-0.4, -0.2) is 62.6 Å². The van der Waals surface area contributed by atoms with Crippen molar-refractivity contribution in [2.75, 3.05) is 40.0 Å². The number of likely N-dealkylation sites (tertiary alicyclic amines) is 1. The SMILES string of the molecule is COc1ccc(C(=O)N[C@@H]2CCCC[C@H]2CN2CCC3(CC2)OCCO3)cc1. The lowest BCUT2D eigenvalue weighted by Gasteiger charge is -2.41. The average Bonchev–Trinajstić information content (AvgIpc) is 3.19. The Morgan fingerprint density at radius 1 is 1.14 bits per heavy atom. The van der Waals surface area contributed by atoms with Gasteiger partial charge >= 0.3 is 0 Å². The Morgan fingerprint density at radius 3 is 2.50 bits per heavy atom. The summed E-state index contributed by atoms with van der Waals surface area (Å²) in [4.78, 5) is 15.2. The van der Waals surface area contributed by atoms with Crippen molar-refractivity contribution in [1.29, 1.82) is 0 Å². The molecule has 0 aromatic heterocycles. The number of methoxy groups -OCH3 is 1. The van der Waals surface area contributed by atoms with Crippen molar-refractivity contribution < 1.29 is 19.0 Å². The van der Waals surface area contributed by atoms with Gasteiger partial charge in [0.15, 0.2) is 5.79 Å². The van der Waals surface area contributed by atoms with Crippen LogP contribution < -0.4 is 10.1 Å². The standard InChI is InChI=1S/C22H32N2O4/c1-26-19-8-6-17(7-9-19)21(25)23-20-5-3-2-4-18(20)16-24-12-10-22(11-13-24)27-14-15-28-22/h6-9,18,20H,2-5,10-16H2,1H3,(H,23,25)/t18-,20+/m0/s1. The van der Waals surface area contributed by atoms with E-state index in [1.54, 1.807) is 7.11 Å². The highest BCUT2D eigenvalue weighted by molar-refractivity contribution is 5.94. The molecule has 2 saturated heterocycles. The van der Waals surface area contributed by atoms with Crippen molar-refractivity contribution in [3.8, 4) is 5.75 Å². The van der Waals surface area contributed by atoms with Crippen LogP contribution in [-0.2, 0) is 9.47 Å². The number of benzene rings is 1. The van der Waals surface area contributed by atoms with Gasteiger partial charge in [-0.1, -0.05) is 12.8 Å². The smallest absolute Gasteiger partial charge is 0.251 e. The van der Waals surface area contributed by atoms with Gasteiger partial charge in [-0.3, -0.25) is 4.79 Å². The van der Waals surface area contributed by atoms with E-state index in [1.807, 2.05) is 24.3 Å². The van der Waals surface area contributed by atoms with Gasteiger partial charge in [-0.25, -0.2) is 0 Å². The summed E-state index contributed by atoms with van der Waals surface area (Å²) in [5.41, 5.74) is 0.695. The van der Waals surface area contributed by atoms with Gasteiger partial charge in [0.2, 0.25) is 0 Å². The first-order valence-electron chi connectivity index (χ1n) is 10.6. The summed E-state index contributed by atoms with van der Waals surface area (Å²) in [5.74, 6) is 0.982. The highest BCUT2D eigenvalue weighted by Gasteiger charge is 2.40. The van der Waals surface area contributed by atoms with Crippen LogP contribution in [0.25, 0.3) is 0 Å². The molecule has 0 bridgehead atoms. The summed E-state index contributed by atoms with van der Waals surface area (Å²) >= 11 is 0. The van der Waals surface area contributed by atoms with Crippen molar-refractivity contribution in [2.45, 2.75) is 50.4 Å². The fourth-order valence-corrected chi connectivity index (χ4v) is 4.80. The van der Waals surface area contributed by atoms with E-state index in [4.69, 9.17) is 14.2 Å². The van der Waals surface area contributed by atoms with Gasteiger partial charge in [0.1, 0.15) is 5.75 Å². The van der Waals surface area contributed by atoms with Crippen LogP contribution in [0.4, 0.5) is 0 Å². The Labute approximate surface area is 167 Å². The minimum absolute atomic E-state index is 0.0184. The number of carbonyl (C=O) groups is 1. The second kappa shape index (κ2) is 8.80. The van der Waals surface area contributed by atoms with Crippen molar-refractivity contribution in [3.63, 3.8) is 0 Å². The normalized spacial score (nSPS) is 27.6. The lowest BCUT2D eigenvalue weighted by atomic mass is 9.83. The molecule has 1 saturated carbocycles. The van der Waals surface area contributed by atoms with Crippen LogP contribution in [0.2, 0.25) is 0 Å². The molecule has 1 aromatic carbocycles. The molecule has 6 heteroatoms. The Morgan fingerprint density at radius 2 is 1.82 bits per heavy atom. The van der Waals surface area contributed by atoms with Crippen molar-refractivity contribution in [3.05, 3.63) is 29.8 Å². The molecule has 6 nitrogen and oxygen atoms in total. The summed E-state index contributed by atoms with van der Waals surface area (Å²) in [6.45, 7) is 4.51. The van der Waals surface area contributed by atoms with Gasteiger partial charge in [0, 0.05) is 44.1 Å². The number of nitrogens with zero attached hydrogens (tertiary/aromatic N) is 1. The first-order valence-corrected chi connectivity index (χ1v) is 10.6. The predicted octanol–water partition coefficient (Wildman–Crippen LogP) is 2.82. The largest absolute Gasteiger partial charge is 0.497 e. The summed E-state index contributed by atoms with van der Waals surface area (Å²) in [5, 5.41) is 3.31. The third-order valence-electron chi connectivity index (χ3n) is 6.50. The number of hydrogen-bond donors (Lipinski definition) is 1. The van der Waals surface area contributed by atoms with Crippen LogP contribution >= 0.6 is 0 Å². The molecular weight excluding hydrogens is 356 g/mol. The summed E-state index contributed by atoms with van der Waals surface area (Å²) < 4.78 is 16.9. The molecule has 154 valence electrons. The van der Waals surface area contributed by atoms with Crippen molar-refractivity contribution in [2.24, 2.45) is 5.92 Å². The summed E-state index contributed by atoms with van der Waals surface area (Å²) in [7, 11) is 1.63. The average molecular weight is 389 g/mol. The van der Waals surface area contributed by atoms with Gasteiger partial charge < -0.3 is 24.4 Å². The molecule has 3 fully saturated rings. The number of ether oxygens (including phenoxy) is 3. The molecule has 3 aliphatic rings. The Bertz CT molecular complexity index is 647. The molecule has 1 amide bonds. The number of nitrogens with one attached hydrogen (secondary N) is 1. The van der Waals surface area contributed by atoms with Gasteiger partial charge in [-0.2, -0.15) is 0 Å². The van der Waals surface area contributed by atoms with Crippen molar-refractivity contribution in [1.82, 2.24) is 10.2 Å². The minimum Gasteiger partial charge on any atom is -0.497 e. The second-order valence-electron chi connectivity index (χ2n) is 8.26. The van der Waals surface area contributed by atoms with E-state index in [2.05, 4.69) is 10.2 Å². The van der Waals surface area contributed by atoms with Gasteiger partial charge in [-0.05, 0) is 43.0 Å². The Balaban J connectivity index is 1.32. The lowest BCUT2D eigenvalue weighted by molar-refractivity contribution is -0.186. The summed E-state index contributed by atoms with van der Waals surface area (Å²) in [6, 6.07) is 7.59. The number of piperidine rings is 1. The van der Waals surface area contributed by atoms with Gasteiger partial charge in [0.05, 0.1) is 20.3 Å². The molecule has 2 atom stereocenters. The monoisotopic (exact) mass is 388 g/mol. The predicted molar refractivity (Wildman–Crippen MR) is 107 cm³/mol. The maximum absolute atomic E-state index is 12.7. The van der Waals surface area contributed by atoms with Gasteiger partial charge in [0.25, 0.3) is 5.91 Å². The number of amides is 1. The molecule has 0 radical (unpaired) electrons. The number of carbonyl (C=O) groups excluding carboxylic acids is 1. The molecule has 2 heterocycles. The van der Waals surface area contributed by atoms with Crippen LogP contribution in [0.5, 0.6) is 5.75 Å². The fourth-order valence-electron chi connectivity index (χ4n) is 4.80. The van der Waals surface area contributed by atoms with E-state index < -0.39 is 0 Å². The molecule has 2 aliphatic heterocycles. The van der Waals surface area contributed by atoms with Crippen LogP contribution in [0.1, 0.15) is 48.9 Å². The second-order valence-corrected chi connectivity index (χ2v) is 8.26. The lowest BCUT2D eigenvalue weighted by Crippen LogP contribution is -2.50. The van der Waals surface area contributed by atoms with Gasteiger partial charge in [-0.15, -0.1) is 0 Å². The molecule has 1 aromatic rings. The quantitative estimate of drug-likeness (QED) is 0.841. The summed E-state index contributed by atoms with van der Waals surface area (Å²) in [6.07, 6.45) is 6.59. The number of rotatable bonds is 5. The molecule has 4 rings (SSSR count). The number of hydrogen-bond acceptors (Lipinski definition) is 5. The van der Waals surface area contributed by atoms with Crippen LogP contribution in [0, 0.1) is 5.92 Å². The fraction of sp³-hybridized carbons (Fsp3) is 0.682. The molecule has 28 heavy (non-hydrogen) atoms. The maximum Gasteiger partial charge on any atom is 0.251 e. The van der Waals surface area contributed by atoms with E-state index >= 15 is 0 Å². The van der Waals surface area contributed by atoms with Crippen molar-refractivity contribution >= 4 is 5.91 Å². The topological polar surface area (TPSA) is 60.0 Å². The molecule has 1 N–H and O–H groups in total. The van der Waals surface area contributed by atoms with Crippen LogP contribution in [0.3, 0.4) is 0 Å². The Hall–Kier alpha value is -1.63. The van der Waals surface area contributed by atoms with Crippen LogP contribution in [0.15, 0.2) is 24.3 Å². The van der Waals surface area contributed by atoms with E-state index in [1.165, 1.54) is 19.3 Å². The van der Waals surface area contributed by atoms with E-state index in [0.29, 0.717) is 11.5 Å². The minimum atomic E-state index is -0.314. The van der Waals surface area contributed by atoms with E-state index in [-0.39, 0.29) is 17.7 Å². The van der Waals surface area contributed by atoms with E-state index in [9.17, 15) is 4.79 Å². The van der Waals surface area contributed by atoms with E-state index in [0.717, 1.165) is 57.9 Å².